The summed E-state index contributed by atoms with van der Waals surface area (Å²) in [5.74, 6) is 3.98. The highest BCUT2D eigenvalue weighted by Crippen LogP contribution is 2.36. The van der Waals surface area contributed by atoms with Crippen LogP contribution >= 0.6 is 11.8 Å². The molecule has 1 saturated heterocycles. The summed E-state index contributed by atoms with van der Waals surface area (Å²) in [6, 6.07) is 0.188. The zero-order valence-corrected chi connectivity index (χ0v) is 11.8. The monoisotopic (exact) mass is 269 g/mol. The van der Waals surface area contributed by atoms with Gasteiger partial charge in [-0.3, -0.25) is 0 Å². The summed E-state index contributed by atoms with van der Waals surface area (Å²) >= 11 is 1.99. The Hall–Kier alpha value is -1.01. The van der Waals surface area contributed by atoms with Crippen molar-refractivity contribution in [2.24, 2.45) is 5.92 Å². The summed E-state index contributed by atoms with van der Waals surface area (Å²) in [6.07, 6.45) is 2.84. The third-order valence-corrected chi connectivity index (χ3v) is 4.38. The summed E-state index contributed by atoms with van der Waals surface area (Å²) in [7, 11) is 5.15. The molecule has 2 heterocycles. The van der Waals surface area contributed by atoms with Gasteiger partial charge in [-0.2, -0.15) is 16.7 Å². The van der Waals surface area contributed by atoms with Gasteiger partial charge in [0, 0.05) is 0 Å². The average Bonchev–Trinajstić information content (AvgIpc) is 2.94. The van der Waals surface area contributed by atoms with Crippen LogP contribution in [0.1, 0.15) is 18.2 Å². The van der Waals surface area contributed by atoms with E-state index in [0.29, 0.717) is 17.7 Å². The summed E-state index contributed by atoms with van der Waals surface area (Å²) < 4.78 is 10.4. The fraction of sp³-hybridized carbons (Fsp3) is 0.667. The van der Waals surface area contributed by atoms with Crippen LogP contribution in [0.4, 0.5) is 0 Å². The second kappa shape index (κ2) is 6.24. The minimum absolute atomic E-state index is 0.188. The average molecular weight is 269 g/mol. The molecule has 0 bridgehead atoms. The molecule has 1 aliphatic rings. The molecule has 2 atom stereocenters. The number of aromatic nitrogens is 2. The van der Waals surface area contributed by atoms with Gasteiger partial charge in [0.2, 0.25) is 11.8 Å². The molecule has 0 radical (unpaired) electrons. The van der Waals surface area contributed by atoms with E-state index in [2.05, 4.69) is 15.3 Å². The number of hydrogen-bond donors (Lipinski definition) is 1. The first kappa shape index (κ1) is 13.4. The van der Waals surface area contributed by atoms with Crippen molar-refractivity contribution in [1.29, 1.82) is 0 Å². The molecule has 0 saturated carbocycles. The SMILES string of the molecule is CNC(c1ncc(OC)nc1OC)C1CCSC1. The molecule has 1 aliphatic heterocycles. The van der Waals surface area contributed by atoms with Gasteiger partial charge in [-0.15, -0.1) is 0 Å². The van der Waals surface area contributed by atoms with Crippen LogP contribution in [0.2, 0.25) is 0 Å². The van der Waals surface area contributed by atoms with E-state index in [9.17, 15) is 0 Å². The Balaban J connectivity index is 2.28. The fourth-order valence-electron chi connectivity index (χ4n) is 2.24. The van der Waals surface area contributed by atoms with Gasteiger partial charge in [-0.05, 0) is 30.9 Å². The number of rotatable bonds is 5. The lowest BCUT2D eigenvalue weighted by atomic mass is 9.96. The maximum Gasteiger partial charge on any atom is 0.240 e. The van der Waals surface area contributed by atoms with E-state index in [4.69, 9.17) is 9.47 Å². The smallest absolute Gasteiger partial charge is 0.240 e. The number of nitrogens with zero attached hydrogens (tertiary/aromatic N) is 2. The van der Waals surface area contributed by atoms with E-state index >= 15 is 0 Å². The first-order valence-electron chi connectivity index (χ1n) is 6.00. The number of thioether (sulfide) groups is 1. The van der Waals surface area contributed by atoms with Crippen molar-refractivity contribution in [2.75, 3.05) is 32.8 Å². The Kier molecular flexibility index (Phi) is 4.66. The van der Waals surface area contributed by atoms with Crippen molar-refractivity contribution in [3.05, 3.63) is 11.9 Å². The molecular formula is C12H19N3O2S. The molecule has 0 amide bonds. The highest BCUT2D eigenvalue weighted by atomic mass is 32.2. The second-order valence-electron chi connectivity index (χ2n) is 4.20. The highest BCUT2D eigenvalue weighted by molar-refractivity contribution is 7.99. The van der Waals surface area contributed by atoms with E-state index in [1.54, 1.807) is 20.4 Å². The summed E-state index contributed by atoms with van der Waals surface area (Å²) in [6.45, 7) is 0. The molecule has 18 heavy (non-hydrogen) atoms. The molecule has 1 fully saturated rings. The van der Waals surface area contributed by atoms with Crippen molar-refractivity contribution in [3.63, 3.8) is 0 Å². The highest BCUT2D eigenvalue weighted by Gasteiger charge is 2.29. The van der Waals surface area contributed by atoms with Crippen molar-refractivity contribution >= 4 is 11.8 Å². The predicted octanol–water partition coefficient (Wildman–Crippen LogP) is 1.51. The van der Waals surface area contributed by atoms with Gasteiger partial charge in [0.05, 0.1) is 26.5 Å². The predicted molar refractivity (Wildman–Crippen MR) is 72.4 cm³/mol. The van der Waals surface area contributed by atoms with Crippen LogP contribution in [0.5, 0.6) is 11.8 Å². The number of methoxy groups -OCH3 is 2. The van der Waals surface area contributed by atoms with E-state index in [0.717, 1.165) is 11.4 Å². The molecule has 0 spiro atoms. The van der Waals surface area contributed by atoms with E-state index in [1.807, 2.05) is 18.8 Å². The minimum Gasteiger partial charge on any atom is -0.480 e. The number of hydrogen-bond acceptors (Lipinski definition) is 6. The van der Waals surface area contributed by atoms with Gasteiger partial charge < -0.3 is 14.8 Å². The van der Waals surface area contributed by atoms with Crippen LogP contribution in [-0.4, -0.2) is 42.7 Å². The summed E-state index contributed by atoms with van der Waals surface area (Å²) in [4.78, 5) is 8.75. The third kappa shape index (κ3) is 2.70. The Morgan fingerprint density at radius 3 is 2.83 bits per heavy atom. The van der Waals surface area contributed by atoms with Crippen LogP contribution in [0, 0.1) is 5.92 Å². The van der Waals surface area contributed by atoms with E-state index < -0.39 is 0 Å². The molecule has 6 heteroatoms. The normalized spacial score (nSPS) is 20.7. The molecule has 1 aromatic rings. The van der Waals surface area contributed by atoms with Crippen molar-refractivity contribution in [2.45, 2.75) is 12.5 Å². The number of ether oxygens (including phenoxy) is 2. The first-order valence-corrected chi connectivity index (χ1v) is 7.15. The van der Waals surface area contributed by atoms with Gasteiger partial charge in [0.15, 0.2) is 0 Å². The van der Waals surface area contributed by atoms with Gasteiger partial charge in [-0.1, -0.05) is 0 Å². The molecule has 1 aromatic heterocycles. The second-order valence-corrected chi connectivity index (χ2v) is 5.35. The van der Waals surface area contributed by atoms with Crippen LogP contribution < -0.4 is 14.8 Å². The lowest BCUT2D eigenvalue weighted by Crippen LogP contribution is -2.27. The van der Waals surface area contributed by atoms with Gasteiger partial charge in [0.25, 0.3) is 0 Å². The molecular weight excluding hydrogens is 250 g/mol. The molecule has 100 valence electrons. The maximum atomic E-state index is 5.33. The van der Waals surface area contributed by atoms with Gasteiger partial charge >= 0.3 is 0 Å². The zero-order chi connectivity index (χ0) is 13.0. The Morgan fingerprint density at radius 1 is 1.44 bits per heavy atom. The van der Waals surface area contributed by atoms with Crippen LogP contribution in [-0.2, 0) is 0 Å². The Labute approximate surface area is 112 Å². The Bertz CT molecular complexity index is 397. The zero-order valence-electron chi connectivity index (χ0n) is 11.0. The van der Waals surface area contributed by atoms with Crippen LogP contribution in [0.25, 0.3) is 0 Å². The minimum atomic E-state index is 0.188. The maximum absolute atomic E-state index is 5.33. The lowest BCUT2D eigenvalue weighted by molar-refractivity contribution is 0.335. The summed E-state index contributed by atoms with van der Waals surface area (Å²) in [5.41, 5.74) is 0.869. The van der Waals surface area contributed by atoms with Crippen LogP contribution in [0.3, 0.4) is 0 Å². The lowest BCUT2D eigenvalue weighted by Gasteiger charge is -2.23. The first-order chi connectivity index (χ1) is 8.80. The summed E-state index contributed by atoms with van der Waals surface area (Å²) in [5, 5.41) is 3.34. The topological polar surface area (TPSA) is 56.3 Å². The van der Waals surface area contributed by atoms with E-state index in [-0.39, 0.29) is 6.04 Å². The molecule has 2 rings (SSSR count). The van der Waals surface area contributed by atoms with Gasteiger partial charge in [-0.25, -0.2) is 4.98 Å². The van der Waals surface area contributed by atoms with Crippen molar-refractivity contribution < 1.29 is 9.47 Å². The van der Waals surface area contributed by atoms with Crippen molar-refractivity contribution in [1.82, 2.24) is 15.3 Å². The van der Waals surface area contributed by atoms with E-state index in [1.165, 1.54) is 12.2 Å². The molecule has 2 unspecified atom stereocenters. The van der Waals surface area contributed by atoms with Crippen LogP contribution in [0.15, 0.2) is 6.20 Å². The molecule has 0 aliphatic carbocycles. The fourth-order valence-corrected chi connectivity index (χ4v) is 3.54. The Morgan fingerprint density at radius 2 is 2.28 bits per heavy atom. The number of nitrogens with one attached hydrogen (secondary N) is 1. The quantitative estimate of drug-likeness (QED) is 0.874. The van der Waals surface area contributed by atoms with Crippen molar-refractivity contribution in [3.8, 4) is 11.8 Å². The standard InChI is InChI=1S/C12H19N3O2S/c1-13-10(8-4-5-18-7-8)11-12(17-3)15-9(16-2)6-14-11/h6,8,10,13H,4-5,7H2,1-3H3. The molecule has 0 aromatic carbocycles. The molecule has 1 N–H and O–H groups in total. The van der Waals surface area contributed by atoms with Gasteiger partial charge in [0.1, 0.15) is 5.69 Å². The largest absolute Gasteiger partial charge is 0.480 e. The third-order valence-electron chi connectivity index (χ3n) is 3.19. The molecule has 5 nitrogen and oxygen atoms in total.